The van der Waals surface area contributed by atoms with Gasteiger partial charge in [0.05, 0.1) is 16.8 Å². The summed E-state index contributed by atoms with van der Waals surface area (Å²) < 4.78 is 5.41. The summed E-state index contributed by atoms with van der Waals surface area (Å²) in [6, 6.07) is 5.61. The van der Waals surface area contributed by atoms with Gasteiger partial charge in [0, 0.05) is 13.1 Å². The molecule has 2 amide bonds. The average Bonchev–Trinajstić information content (AvgIpc) is 2.73. The van der Waals surface area contributed by atoms with Crippen LogP contribution in [0.4, 0.5) is 16.2 Å². The number of para-hydroxylation sites is 1. The number of nitrogen functional groups attached to an aromatic ring is 1. The Kier molecular flexibility index (Phi) is 3.50. The number of amides is 2. The normalized spacial score (nSPS) is 19.4. The minimum atomic E-state index is -0.580. The third kappa shape index (κ3) is 2.62. The van der Waals surface area contributed by atoms with Crippen molar-refractivity contribution in [3.05, 3.63) is 23.8 Å². The van der Waals surface area contributed by atoms with Crippen molar-refractivity contribution in [2.75, 3.05) is 24.1 Å². The number of hydrogen-bond acceptors (Lipinski definition) is 4. The number of fused-ring (bicyclic) bond motifs is 2. The standard InChI is InChI=1S/C17H23N3O3/c1-16(2,3)23-15(22)20-9-7-17(8-10-20)11-5-4-6-12(18)13(11)19-14(17)21/h4-6H,7-10,18H2,1-3H3,(H,19,21). The summed E-state index contributed by atoms with van der Waals surface area (Å²) in [5, 5.41) is 2.91. The molecule has 0 bridgehead atoms. The Morgan fingerprint density at radius 3 is 2.57 bits per heavy atom. The number of nitrogens with one attached hydrogen (secondary N) is 1. The zero-order valence-electron chi connectivity index (χ0n) is 13.8. The molecule has 6 heteroatoms. The highest BCUT2D eigenvalue weighted by Gasteiger charge is 2.49. The Bertz CT molecular complexity index is 656. The second-order valence-corrected chi connectivity index (χ2v) is 7.27. The van der Waals surface area contributed by atoms with Gasteiger partial charge in [0.1, 0.15) is 5.60 Å². The number of rotatable bonds is 0. The molecule has 0 aromatic heterocycles. The molecule has 3 rings (SSSR count). The average molecular weight is 317 g/mol. The second kappa shape index (κ2) is 5.15. The van der Waals surface area contributed by atoms with E-state index in [9.17, 15) is 9.59 Å². The SMILES string of the molecule is CC(C)(C)OC(=O)N1CCC2(CC1)C(=O)Nc1c(N)cccc12. The molecule has 1 aromatic rings. The van der Waals surface area contributed by atoms with E-state index in [1.165, 1.54) is 0 Å². The summed E-state index contributed by atoms with van der Waals surface area (Å²) in [6.07, 6.45) is 0.835. The number of hydrogen-bond donors (Lipinski definition) is 2. The molecular weight excluding hydrogens is 294 g/mol. The van der Waals surface area contributed by atoms with Crippen LogP contribution < -0.4 is 11.1 Å². The van der Waals surface area contributed by atoms with Crippen LogP contribution in [0.15, 0.2) is 18.2 Å². The van der Waals surface area contributed by atoms with Crippen LogP contribution in [0.3, 0.4) is 0 Å². The van der Waals surface area contributed by atoms with Crippen LogP contribution in [-0.4, -0.2) is 35.6 Å². The fourth-order valence-corrected chi connectivity index (χ4v) is 3.36. The maximum Gasteiger partial charge on any atom is 0.410 e. The van der Waals surface area contributed by atoms with Crippen molar-refractivity contribution in [3.63, 3.8) is 0 Å². The number of piperidine rings is 1. The molecule has 124 valence electrons. The lowest BCUT2D eigenvalue weighted by Crippen LogP contribution is -2.49. The van der Waals surface area contributed by atoms with E-state index in [4.69, 9.17) is 10.5 Å². The van der Waals surface area contributed by atoms with Gasteiger partial charge in [0.25, 0.3) is 0 Å². The number of benzene rings is 1. The van der Waals surface area contributed by atoms with Crippen molar-refractivity contribution < 1.29 is 14.3 Å². The van der Waals surface area contributed by atoms with Crippen LogP contribution in [0.5, 0.6) is 0 Å². The molecule has 6 nitrogen and oxygen atoms in total. The molecule has 1 saturated heterocycles. The van der Waals surface area contributed by atoms with Crippen LogP contribution >= 0.6 is 0 Å². The molecule has 1 aromatic carbocycles. The van der Waals surface area contributed by atoms with Crippen molar-refractivity contribution in [2.24, 2.45) is 0 Å². The van der Waals surface area contributed by atoms with Gasteiger partial charge in [0.15, 0.2) is 0 Å². The van der Waals surface area contributed by atoms with Crippen molar-refractivity contribution in [3.8, 4) is 0 Å². The predicted octanol–water partition coefficient (Wildman–Crippen LogP) is 2.49. The Labute approximate surface area is 136 Å². The maximum atomic E-state index is 12.6. The third-order valence-corrected chi connectivity index (χ3v) is 4.55. The summed E-state index contributed by atoms with van der Waals surface area (Å²) >= 11 is 0. The van der Waals surface area contributed by atoms with Gasteiger partial charge >= 0.3 is 6.09 Å². The van der Waals surface area contributed by atoms with Crippen LogP contribution in [0, 0.1) is 0 Å². The van der Waals surface area contributed by atoms with Crippen molar-refractivity contribution in [1.82, 2.24) is 4.90 Å². The number of likely N-dealkylation sites (tertiary alicyclic amines) is 1. The highest BCUT2D eigenvalue weighted by atomic mass is 16.6. The number of nitrogens with zero attached hydrogens (tertiary/aromatic N) is 1. The van der Waals surface area contributed by atoms with Crippen molar-refractivity contribution >= 4 is 23.4 Å². The van der Waals surface area contributed by atoms with Crippen molar-refractivity contribution in [2.45, 2.75) is 44.6 Å². The third-order valence-electron chi connectivity index (χ3n) is 4.55. The molecule has 2 aliphatic rings. The Morgan fingerprint density at radius 1 is 1.30 bits per heavy atom. The van der Waals surface area contributed by atoms with Gasteiger partial charge < -0.3 is 20.7 Å². The van der Waals surface area contributed by atoms with Crippen molar-refractivity contribution in [1.29, 1.82) is 0 Å². The quantitative estimate of drug-likeness (QED) is 0.720. The van der Waals surface area contributed by atoms with Gasteiger partial charge in [-0.1, -0.05) is 12.1 Å². The van der Waals surface area contributed by atoms with Gasteiger partial charge in [0.2, 0.25) is 5.91 Å². The van der Waals surface area contributed by atoms with Crippen LogP contribution in [0.25, 0.3) is 0 Å². The smallest absolute Gasteiger partial charge is 0.410 e. The molecule has 0 unspecified atom stereocenters. The van der Waals surface area contributed by atoms with E-state index < -0.39 is 11.0 Å². The Morgan fingerprint density at radius 2 is 1.96 bits per heavy atom. The van der Waals surface area contributed by atoms with E-state index in [0.29, 0.717) is 31.6 Å². The molecular formula is C17H23N3O3. The molecule has 0 aliphatic carbocycles. The summed E-state index contributed by atoms with van der Waals surface area (Å²) in [5.41, 5.74) is 7.13. The van der Waals surface area contributed by atoms with Crippen LogP contribution in [0.1, 0.15) is 39.2 Å². The summed E-state index contributed by atoms with van der Waals surface area (Å²) in [5.74, 6) is -0.0192. The van der Waals surface area contributed by atoms with Gasteiger partial charge in [-0.2, -0.15) is 0 Å². The van der Waals surface area contributed by atoms with Gasteiger partial charge in [-0.15, -0.1) is 0 Å². The lowest BCUT2D eigenvalue weighted by atomic mass is 9.73. The largest absolute Gasteiger partial charge is 0.444 e. The highest BCUT2D eigenvalue weighted by molar-refractivity contribution is 6.09. The first-order valence-electron chi connectivity index (χ1n) is 7.91. The fourth-order valence-electron chi connectivity index (χ4n) is 3.36. The first kappa shape index (κ1) is 15.6. The number of carbonyl (C=O) groups excluding carboxylic acids is 2. The molecule has 0 atom stereocenters. The van der Waals surface area contributed by atoms with Gasteiger partial charge in [-0.3, -0.25) is 4.79 Å². The van der Waals surface area contributed by atoms with E-state index >= 15 is 0 Å². The summed E-state index contributed by atoms with van der Waals surface area (Å²) in [6.45, 7) is 6.53. The summed E-state index contributed by atoms with van der Waals surface area (Å²) in [4.78, 5) is 26.4. The molecule has 2 heterocycles. The zero-order valence-corrected chi connectivity index (χ0v) is 13.8. The zero-order chi connectivity index (χ0) is 16.8. The fraction of sp³-hybridized carbons (Fsp3) is 0.529. The van der Waals surface area contributed by atoms with Crippen LogP contribution in [0.2, 0.25) is 0 Å². The monoisotopic (exact) mass is 317 g/mol. The first-order chi connectivity index (χ1) is 10.7. The predicted molar refractivity (Wildman–Crippen MR) is 88.2 cm³/mol. The number of nitrogens with two attached hydrogens (primary N) is 1. The first-order valence-corrected chi connectivity index (χ1v) is 7.91. The lowest BCUT2D eigenvalue weighted by molar-refractivity contribution is -0.122. The second-order valence-electron chi connectivity index (χ2n) is 7.27. The van der Waals surface area contributed by atoms with Gasteiger partial charge in [-0.25, -0.2) is 4.79 Å². The Balaban J connectivity index is 1.78. The van der Waals surface area contributed by atoms with E-state index in [0.717, 1.165) is 11.3 Å². The molecule has 1 spiro atoms. The molecule has 3 N–H and O–H groups in total. The Hall–Kier alpha value is -2.24. The van der Waals surface area contributed by atoms with Crippen LogP contribution in [-0.2, 0) is 14.9 Å². The maximum absolute atomic E-state index is 12.6. The molecule has 1 fully saturated rings. The van der Waals surface area contributed by atoms with E-state index in [1.54, 1.807) is 11.0 Å². The number of ether oxygens (including phenoxy) is 1. The molecule has 2 aliphatic heterocycles. The van der Waals surface area contributed by atoms with E-state index in [2.05, 4.69) is 5.32 Å². The molecule has 0 radical (unpaired) electrons. The number of anilines is 2. The van der Waals surface area contributed by atoms with Gasteiger partial charge in [-0.05, 0) is 45.2 Å². The topological polar surface area (TPSA) is 84.7 Å². The van der Waals surface area contributed by atoms with E-state index in [-0.39, 0.29) is 12.0 Å². The number of carbonyl (C=O) groups is 2. The minimum absolute atomic E-state index is 0.0192. The lowest BCUT2D eigenvalue weighted by Gasteiger charge is -2.38. The minimum Gasteiger partial charge on any atom is -0.444 e. The summed E-state index contributed by atoms with van der Waals surface area (Å²) in [7, 11) is 0. The molecule has 23 heavy (non-hydrogen) atoms. The van der Waals surface area contributed by atoms with E-state index in [1.807, 2.05) is 32.9 Å². The highest BCUT2D eigenvalue weighted by Crippen LogP contribution is 2.47. The molecule has 0 saturated carbocycles.